The smallest absolute Gasteiger partial charge is 0.305 e. The van der Waals surface area contributed by atoms with Gasteiger partial charge < -0.3 is 10.4 Å². The Bertz CT molecular complexity index is 385. The Labute approximate surface area is 108 Å². The van der Waals surface area contributed by atoms with Crippen LogP contribution in [0.3, 0.4) is 0 Å². The van der Waals surface area contributed by atoms with Gasteiger partial charge in [0.2, 0.25) is 5.91 Å². The van der Waals surface area contributed by atoms with Gasteiger partial charge in [-0.05, 0) is 39.0 Å². The van der Waals surface area contributed by atoms with Gasteiger partial charge in [0.15, 0.2) is 0 Å². The second kappa shape index (κ2) is 5.55. The molecule has 4 nitrogen and oxygen atoms in total. The highest BCUT2D eigenvalue weighted by Crippen LogP contribution is 2.27. The summed E-state index contributed by atoms with van der Waals surface area (Å²) >= 11 is 0. The van der Waals surface area contributed by atoms with Crippen LogP contribution >= 0.6 is 0 Å². The molecule has 4 heteroatoms. The van der Waals surface area contributed by atoms with E-state index in [1.54, 1.807) is 6.92 Å². The number of carbonyl (C=O) groups excluding carboxylic acids is 1. The van der Waals surface area contributed by atoms with E-state index in [9.17, 15) is 9.59 Å². The fourth-order valence-corrected chi connectivity index (χ4v) is 2.24. The lowest BCUT2D eigenvalue weighted by Crippen LogP contribution is -2.51. The van der Waals surface area contributed by atoms with Crippen molar-refractivity contribution < 1.29 is 14.7 Å². The molecule has 1 unspecified atom stereocenters. The zero-order valence-electron chi connectivity index (χ0n) is 11.7. The van der Waals surface area contributed by atoms with Crippen LogP contribution in [0.25, 0.3) is 0 Å². The van der Waals surface area contributed by atoms with E-state index < -0.39 is 11.5 Å². The Morgan fingerprint density at radius 3 is 2.39 bits per heavy atom. The third kappa shape index (κ3) is 3.34. The van der Waals surface area contributed by atoms with Gasteiger partial charge in [-0.25, -0.2) is 0 Å². The van der Waals surface area contributed by atoms with E-state index in [2.05, 4.69) is 5.32 Å². The van der Waals surface area contributed by atoms with Crippen molar-refractivity contribution in [2.24, 2.45) is 5.92 Å². The second-order valence-corrected chi connectivity index (χ2v) is 5.71. The summed E-state index contributed by atoms with van der Waals surface area (Å²) in [5.74, 6) is -0.911. The second-order valence-electron chi connectivity index (χ2n) is 5.71. The Morgan fingerprint density at radius 1 is 1.39 bits per heavy atom. The van der Waals surface area contributed by atoms with Gasteiger partial charge in [-0.3, -0.25) is 9.59 Å². The van der Waals surface area contributed by atoms with Gasteiger partial charge in [0.25, 0.3) is 0 Å². The molecule has 102 valence electrons. The average Bonchev–Trinajstić information content (AvgIpc) is 2.62. The van der Waals surface area contributed by atoms with Gasteiger partial charge in [-0.15, -0.1) is 0 Å². The molecule has 0 saturated heterocycles. The summed E-state index contributed by atoms with van der Waals surface area (Å²) in [7, 11) is 0. The summed E-state index contributed by atoms with van der Waals surface area (Å²) in [5, 5.41) is 11.9. The third-order valence-electron chi connectivity index (χ3n) is 3.96. The lowest BCUT2D eigenvalue weighted by atomic mass is 9.85. The number of carboxylic acid groups (broad SMARTS) is 1. The topological polar surface area (TPSA) is 66.4 Å². The van der Waals surface area contributed by atoms with Gasteiger partial charge in [0.1, 0.15) is 0 Å². The summed E-state index contributed by atoms with van der Waals surface area (Å²) in [5.41, 5.74) is 1.28. The molecule has 1 aliphatic rings. The number of allylic oxidation sites excluding steroid dienone is 1. The minimum atomic E-state index is -0.886. The number of amides is 1. The molecule has 0 aromatic carbocycles. The summed E-state index contributed by atoms with van der Waals surface area (Å²) < 4.78 is 0. The minimum absolute atomic E-state index is 0.0528. The van der Waals surface area contributed by atoms with Gasteiger partial charge in [-0.2, -0.15) is 0 Å². The first-order chi connectivity index (χ1) is 8.26. The molecule has 0 spiro atoms. The summed E-state index contributed by atoms with van der Waals surface area (Å²) in [6.45, 7) is 7.64. The van der Waals surface area contributed by atoms with E-state index in [0.717, 1.165) is 30.4 Å². The lowest BCUT2D eigenvalue weighted by Gasteiger charge is -2.33. The van der Waals surface area contributed by atoms with E-state index in [1.807, 2.05) is 20.8 Å². The number of carboxylic acids is 1. The fraction of sp³-hybridized carbons (Fsp3) is 0.714. The molecule has 0 saturated carbocycles. The molecular formula is C14H23NO3. The number of hydrogen-bond donors (Lipinski definition) is 2. The van der Waals surface area contributed by atoms with Crippen LogP contribution in [0.2, 0.25) is 0 Å². The van der Waals surface area contributed by atoms with Gasteiger partial charge >= 0.3 is 5.97 Å². The van der Waals surface area contributed by atoms with Crippen LogP contribution in [0.15, 0.2) is 11.1 Å². The maximum absolute atomic E-state index is 12.2. The Kier molecular flexibility index (Phi) is 4.54. The molecule has 0 fully saturated rings. The van der Waals surface area contributed by atoms with Gasteiger partial charge in [0.05, 0.1) is 12.0 Å². The largest absolute Gasteiger partial charge is 0.481 e. The van der Waals surface area contributed by atoms with Crippen LogP contribution in [-0.2, 0) is 9.59 Å². The monoisotopic (exact) mass is 253 g/mol. The highest BCUT2D eigenvalue weighted by Gasteiger charge is 2.34. The first-order valence-corrected chi connectivity index (χ1v) is 6.49. The van der Waals surface area contributed by atoms with Crippen molar-refractivity contribution in [1.82, 2.24) is 5.32 Å². The quantitative estimate of drug-likeness (QED) is 0.791. The summed E-state index contributed by atoms with van der Waals surface area (Å²) in [4.78, 5) is 23.1. The molecule has 0 heterocycles. The SMILES string of the molecule is CC1=C(C(=O)NC(C)(CC(=O)O)C(C)C)CCC1. The van der Waals surface area contributed by atoms with Crippen molar-refractivity contribution in [3.8, 4) is 0 Å². The Morgan fingerprint density at radius 2 is 2.00 bits per heavy atom. The minimum Gasteiger partial charge on any atom is -0.481 e. The molecule has 18 heavy (non-hydrogen) atoms. The lowest BCUT2D eigenvalue weighted by molar-refractivity contribution is -0.139. The maximum Gasteiger partial charge on any atom is 0.305 e. The van der Waals surface area contributed by atoms with Gasteiger partial charge in [-0.1, -0.05) is 19.4 Å². The van der Waals surface area contributed by atoms with E-state index >= 15 is 0 Å². The first-order valence-electron chi connectivity index (χ1n) is 6.49. The molecule has 0 aromatic rings. The number of hydrogen-bond acceptors (Lipinski definition) is 2. The molecule has 2 N–H and O–H groups in total. The molecule has 1 aliphatic carbocycles. The molecule has 0 bridgehead atoms. The van der Waals surface area contributed by atoms with Crippen LogP contribution in [-0.4, -0.2) is 22.5 Å². The summed E-state index contributed by atoms with van der Waals surface area (Å²) in [6.07, 6.45) is 2.74. The van der Waals surface area contributed by atoms with E-state index in [1.165, 1.54) is 0 Å². The predicted molar refractivity (Wildman–Crippen MR) is 70.2 cm³/mol. The highest BCUT2D eigenvalue weighted by atomic mass is 16.4. The summed E-state index contributed by atoms with van der Waals surface area (Å²) in [6, 6.07) is 0. The molecule has 1 amide bonds. The standard InChI is InChI=1S/C14H23NO3/c1-9(2)14(4,8-12(16)17)15-13(18)11-7-5-6-10(11)3/h9H,5-8H2,1-4H3,(H,15,18)(H,16,17). The number of rotatable bonds is 5. The van der Waals surface area contributed by atoms with Crippen molar-refractivity contribution in [1.29, 1.82) is 0 Å². The van der Waals surface area contributed by atoms with Crippen molar-refractivity contribution in [2.75, 3.05) is 0 Å². The number of nitrogens with one attached hydrogen (secondary N) is 1. The molecule has 0 aliphatic heterocycles. The third-order valence-corrected chi connectivity index (χ3v) is 3.96. The van der Waals surface area contributed by atoms with Crippen LogP contribution < -0.4 is 5.32 Å². The van der Waals surface area contributed by atoms with E-state index in [4.69, 9.17) is 5.11 Å². The number of carbonyl (C=O) groups is 2. The van der Waals surface area contributed by atoms with Crippen molar-refractivity contribution >= 4 is 11.9 Å². The average molecular weight is 253 g/mol. The van der Waals surface area contributed by atoms with Crippen LogP contribution in [0.5, 0.6) is 0 Å². The van der Waals surface area contributed by atoms with Crippen molar-refractivity contribution in [3.63, 3.8) is 0 Å². The van der Waals surface area contributed by atoms with Crippen molar-refractivity contribution in [3.05, 3.63) is 11.1 Å². The maximum atomic E-state index is 12.2. The van der Waals surface area contributed by atoms with Gasteiger partial charge in [0, 0.05) is 5.57 Å². The molecule has 1 atom stereocenters. The number of aliphatic carboxylic acids is 1. The van der Waals surface area contributed by atoms with Crippen molar-refractivity contribution in [2.45, 2.75) is 58.9 Å². The molecule has 0 radical (unpaired) electrons. The zero-order valence-corrected chi connectivity index (χ0v) is 11.7. The first kappa shape index (κ1) is 14.7. The molecule has 1 rings (SSSR count). The van der Waals surface area contributed by atoms with Crippen LogP contribution in [0, 0.1) is 5.92 Å². The zero-order chi connectivity index (χ0) is 13.9. The highest BCUT2D eigenvalue weighted by molar-refractivity contribution is 5.95. The van der Waals surface area contributed by atoms with E-state index in [0.29, 0.717) is 0 Å². The fourth-order valence-electron chi connectivity index (χ4n) is 2.24. The Hall–Kier alpha value is -1.32. The van der Waals surface area contributed by atoms with E-state index in [-0.39, 0.29) is 18.2 Å². The Balaban J connectivity index is 2.81. The normalized spacial score (nSPS) is 18.9. The predicted octanol–water partition coefficient (Wildman–Crippen LogP) is 2.49. The molecule has 0 aromatic heterocycles. The van der Waals surface area contributed by atoms with Crippen LogP contribution in [0.4, 0.5) is 0 Å². The van der Waals surface area contributed by atoms with Crippen LogP contribution in [0.1, 0.15) is 53.4 Å². The molecular weight excluding hydrogens is 230 g/mol.